The third-order valence-electron chi connectivity index (χ3n) is 9.07. The van der Waals surface area contributed by atoms with E-state index in [2.05, 4.69) is 156 Å². The van der Waals surface area contributed by atoms with Crippen molar-refractivity contribution in [1.82, 2.24) is 0 Å². The molecule has 0 fully saturated rings. The number of halogens is 4. The van der Waals surface area contributed by atoms with Gasteiger partial charge in [-0.1, -0.05) is 0 Å². The average molecular weight is 790 g/mol. The molecule has 2 atom stereocenters. The van der Waals surface area contributed by atoms with Gasteiger partial charge in [0.05, 0.1) is 0 Å². The van der Waals surface area contributed by atoms with Crippen molar-refractivity contribution < 1.29 is 15.6 Å². The van der Waals surface area contributed by atoms with Gasteiger partial charge in [0, 0.05) is 0 Å². The van der Waals surface area contributed by atoms with Crippen LogP contribution in [0, 0.1) is 0 Å². The summed E-state index contributed by atoms with van der Waals surface area (Å²) >= 11 is 2.50. The van der Waals surface area contributed by atoms with Gasteiger partial charge >= 0.3 is 266 Å². The van der Waals surface area contributed by atoms with Crippen molar-refractivity contribution in [2.45, 2.75) is 34.2 Å². The molecule has 0 radical (unpaired) electrons. The number of hydrogen-bond acceptors (Lipinski definition) is 0. The maximum absolute atomic E-state index is 8.37. The first-order valence-electron chi connectivity index (χ1n) is 13.7. The van der Waals surface area contributed by atoms with Crippen molar-refractivity contribution in [3.63, 3.8) is 0 Å². The summed E-state index contributed by atoms with van der Waals surface area (Å²) in [4.78, 5) is 0. The SMILES string of the molecule is CC1=Cc2c(-c3ccc(Br)cc3)cccc2[CH]1[Zr]([Cl])([Cl])([CH]1C(C)=Cc2c(-c3ccc(Br)cc3)cccc21)[SiH](C)C. The second-order valence-corrected chi connectivity index (χ2v) is 56.0. The minimum absolute atomic E-state index is 0.0949. The normalized spacial score (nSPS) is 19.1. The molecule has 4 aromatic rings. The maximum atomic E-state index is 8.37. The van der Waals surface area contributed by atoms with Gasteiger partial charge in [-0.2, -0.15) is 0 Å². The Morgan fingerprint density at radius 2 is 0.975 bits per heavy atom. The molecule has 6 rings (SSSR count). The van der Waals surface area contributed by atoms with E-state index in [1.165, 1.54) is 55.7 Å². The van der Waals surface area contributed by atoms with Crippen LogP contribution < -0.4 is 0 Å². The molecule has 0 spiro atoms. The van der Waals surface area contributed by atoms with Crippen molar-refractivity contribution in [1.29, 1.82) is 0 Å². The molecule has 0 amide bonds. The van der Waals surface area contributed by atoms with E-state index in [1.807, 2.05) is 0 Å². The Balaban J connectivity index is 1.54. The summed E-state index contributed by atoms with van der Waals surface area (Å²) in [5, 5.41) is 0. The van der Waals surface area contributed by atoms with E-state index in [0.717, 1.165) is 8.95 Å². The van der Waals surface area contributed by atoms with Gasteiger partial charge in [0.25, 0.3) is 0 Å². The number of rotatable bonds is 5. The molecule has 2 unspecified atom stereocenters. The van der Waals surface area contributed by atoms with Crippen LogP contribution in [0.2, 0.25) is 13.1 Å². The molecule has 0 aliphatic heterocycles. The second kappa shape index (κ2) is 10.6. The molecule has 0 heterocycles. The van der Waals surface area contributed by atoms with Crippen LogP contribution in [-0.2, 0) is 15.6 Å². The average Bonchev–Trinajstić information content (AvgIpc) is 3.46. The Morgan fingerprint density at radius 1 is 0.600 bits per heavy atom. The van der Waals surface area contributed by atoms with Crippen LogP contribution in [0.15, 0.2) is 105 Å². The summed E-state index contributed by atoms with van der Waals surface area (Å²) in [5.41, 5.74) is 12.8. The summed E-state index contributed by atoms with van der Waals surface area (Å²) in [7, 11) is 16.7. The van der Waals surface area contributed by atoms with Gasteiger partial charge in [-0.25, -0.2) is 0 Å². The van der Waals surface area contributed by atoms with Crippen LogP contribution in [0.25, 0.3) is 34.4 Å². The third kappa shape index (κ3) is 4.52. The molecule has 4 aromatic carbocycles. The molecular weight excluding hydrogens is 758 g/mol. The topological polar surface area (TPSA) is 0 Å². The van der Waals surface area contributed by atoms with Gasteiger partial charge in [0.2, 0.25) is 0 Å². The Morgan fingerprint density at radius 3 is 1.32 bits per heavy atom. The van der Waals surface area contributed by atoms with Crippen LogP contribution in [0.4, 0.5) is 0 Å². The summed E-state index contributed by atoms with van der Waals surface area (Å²) in [6.45, 7) is 9.33. The fourth-order valence-corrected chi connectivity index (χ4v) is 40.6. The fourth-order valence-electron chi connectivity index (χ4n) is 7.16. The third-order valence-corrected chi connectivity index (χ3v) is 62.4. The number of allylic oxidation sites excluding steroid dienone is 2. The van der Waals surface area contributed by atoms with Crippen molar-refractivity contribution in [3.05, 3.63) is 127 Å². The van der Waals surface area contributed by atoms with Crippen LogP contribution in [0.1, 0.15) is 43.4 Å². The predicted molar refractivity (Wildman–Crippen MR) is 183 cm³/mol. The van der Waals surface area contributed by atoms with Crippen LogP contribution >= 0.6 is 48.9 Å². The van der Waals surface area contributed by atoms with Crippen molar-refractivity contribution in [2.24, 2.45) is 0 Å². The molecule has 40 heavy (non-hydrogen) atoms. The first kappa shape index (κ1) is 29.1. The van der Waals surface area contributed by atoms with E-state index in [4.69, 9.17) is 17.0 Å². The van der Waals surface area contributed by atoms with E-state index in [-0.39, 0.29) is 7.25 Å². The van der Waals surface area contributed by atoms with E-state index < -0.39 is 21.5 Å². The molecule has 2 aliphatic rings. The van der Waals surface area contributed by atoms with Gasteiger partial charge in [0.15, 0.2) is 0 Å². The Kier molecular flexibility index (Phi) is 7.72. The molecule has 0 saturated carbocycles. The molecule has 0 N–H and O–H groups in total. The molecule has 0 nitrogen and oxygen atoms in total. The van der Waals surface area contributed by atoms with E-state index in [0.29, 0.717) is 0 Å². The molecule has 0 aromatic heterocycles. The number of hydrogen-bond donors (Lipinski definition) is 0. The standard InChI is InChI=1S/2C16H12Br.C2H7Si.2ClH.Zr/c2*1-11-9-13-3-2-4-15(16(13)10-11)12-5-7-14(17)8-6-12;1-3-2;;;/h2*2-10H,1H3;3H,1-2H3;2*1H;/q;;;;;+2/p-2. The summed E-state index contributed by atoms with van der Waals surface area (Å²) in [6.07, 6.45) is 4.75. The molecule has 0 saturated heterocycles. The van der Waals surface area contributed by atoms with Gasteiger partial charge in [0.1, 0.15) is 0 Å². The van der Waals surface area contributed by atoms with Gasteiger partial charge in [-0.3, -0.25) is 0 Å². The Labute approximate surface area is 263 Å². The molecule has 6 heteroatoms. The summed E-state index contributed by atoms with van der Waals surface area (Å²) in [6, 6.07) is 30.6. The monoisotopic (exact) mass is 785 g/mol. The fraction of sp³-hybridized carbons (Fsp3) is 0.176. The van der Waals surface area contributed by atoms with Gasteiger partial charge < -0.3 is 0 Å². The van der Waals surface area contributed by atoms with Crippen molar-refractivity contribution >= 4 is 67.0 Å². The summed E-state index contributed by atoms with van der Waals surface area (Å²) in [5.74, 6) is -1.56. The van der Waals surface area contributed by atoms with Crippen LogP contribution in [0.3, 0.4) is 0 Å². The van der Waals surface area contributed by atoms with E-state index in [1.54, 1.807) is 0 Å². The first-order valence-corrected chi connectivity index (χ1v) is 31.6. The Hall–Kier alpha value is -1.00. The zero-order chi connectivity index (χ0) is 28.4. The zero-order valence-electron chi connectivity index (χ0n) is 23.0. The van der Waals surface area contributed by atoms with E-state index in [9.17, 15) is 0 Å². The quantitative estimate of drug-likeness (QED) is 0.177. The van der Waals surface area contributed by atoms with Gasteiger partial charge in [-0.05, 0) is 0 Å². The van der Waals surface area contributed by atoms with Crippen molar-refractivity contribution in [3.8, 4) is 22.3 Å². The van der Waals surface area contributed by atoms with Crippen molar-refractivity contribution in [2.75, 3.05) is 0 Å². The predicted octanol–water partition coefficient (Wildman–Crippen LogP) is 12.1. The van der Waals surface area contributed by atoms with Gasteiger partial charge in [-0.15, -0.1) is 0 Å². The summed E-state index contributed by atoms with van der Waals surface area (Å²) < 4.78 is 2.36. The van der Waals surface area contributed by atoms with Crippen LogP contribution in [-0.4, -0.2) is 5.92 Å². The number of fused-ring (bicyclic) bond motifs is 2. The van der Waals surface area contributed by atoms with E-state index >= 15 is 0 Å². The molecule has 0 bridgehead atoms. The molecule has 203 valence electrons. The Bertz CT molecular complexity index is 1580. The first-order chi connectivity index (χ1) is 19.0. The molecular formula is C34H31Br2Cl2SiZr. The number of benzene rings is 4. The molecule has 2 aliphatic carbocycles. The minimum atomic E-state index is -4.67. The van der Waals surface area contributed by atoms with Crippen LogP contribution in [0.5, 0.6) is 0 Å². The second-order valence-electron chi connectivity index (χ2n) is 11.7. The zero-order valence-corrected chi connectivity index (χ0v) is 31.3.